The lowest BCUT2D eigenvalue weighted by atomic mass is 10.0. The van der Waals surface area contributed by atoms with Crippen molar-refractivity contribution in [3.05, 3.63) is 59.3 Å². The number of nitrogens with one attached hydrogen (secondary N) is 1. The first-order valence-corrected chi connectivity index (χ1v) is 9.93. The van der Waals surface area contributed by atoms with Crippen molar-refractivity contribution in [3.63, 3.8) is 0 Å². The number of hydrogen-bond donors (Lipinski definition) is 1. The van der Waals surface area contributed by atoms with Crippen LogP contribution in [-0.2, 0) is 11.2 Å². The van der Waals surface area contributed by atoms with Gasteiger partial charge in [0.05, 0.1) is 0 Å². The molecule has 1 amide bonds. The van der Waals surface area contributed by atoms with Gasteiger partial charge in [0.2, 0.25) is 5.91 Å². The van der Waals surface area contributed by atoms with Crippen LogP contribution in [0.25, 0.3) is 11.1 Å². The highest BCUT2D eigenvalue weighted by atomic mass is 16.2. The lowest BCUT2D eigenvalue weighted by Crippen LogP contribution is -2.50. The number of anilines is 1. The van der Waals surface area contributed by atoms with Crippen molar-refractivity contribution in [2.24, 2.45) is 0 Å². The van der Waals surface area contributed by atoms with Gasteiger partial charge in [0.15, 0.2) is 0 Å². The molecule has 2 aromatic heterocycles. The van der Waals surface area contributed by atoms with Gasteiger partial charge in [-0.15, -0.1) is 0 Å². The molecule has 1 atom stereocenters. The summed E-state index contributed by atoms with van der Waals surface area (Å²) in [6, 6.07) is 6.07. The number of aromatic nitrogens is 2. The summed E-state index contributed by atoms with van der Waals surface area (Å²) in [7, 11) is 0. The van der Waals surface area contributed by atoms with Crippen molar-refractivity contribution < 1.29 is 4.79 Å². The number of carbonyl (C=O) groups is 1. The molecule has 3 rings (SSSR count). The number of nitrogens with zero attached hydrogens (tertiary/aromatic N) is 3. The van der Waals surface area contributed by atoms with Crippen LogP contribution >= 0.6 is 0 Å². The van der Waals surface area contributed by atoms with Gasteiger partial charge in [-0.25, -0.2) is 0 Å². The van der Waals surface area contributed by atoms with Gasteiger partial charge in [-0.2, -0.15) is 0 Å². The zero-order valence-corrected chi connectivity index (χ0v) is 16.6. The minimum absolute atomic E-state index is 0.0488. The highest BCUT2D eigenvalue weighted by Crippen LogP contribution is 2.25. The predicted molar refractivity (Wildman–Crippen MR) is 112 cm³/mol. The molecule has 1 aliphatic rings. The molecule has 0 unspecified atom stereocenters. The summed E-state index contributed by atoms with van der Waals surface area (Å²) >= 11 is 0. The molecular weight excluding hydrogens is 352 g/mol. The second-order valence-corrected chi connectivity index (χ2v) is 7.06. The third-order valence-corrected chi connectivity index (χ3v) is 5.37. The molecular formula is C22H28N4O2. The van der Waals surface area contributed by atoms with E-state index in [1.807, 2.05) is 24.0 Å². The monoisotopic (exact) mass is 380 g/mol. The highest BCUT2D eigenvalue weighted by molar-refractivity contribution is 5.87. The number of rotatable bonds is 6. The van der Waals surface area contributed by atoms with E-state index >= 15 is 0 Å². The van der Waals surface area contributed by atoms with Crippen molar-refractivity contribution in [2.75, 3.05) is 24.5 Å². The van der Waals surface area contributed by atoms with Gasteiger partial charge in [-0.1, -0.05) is 13.5 Å². The number of amides is 1. The quantitative estimate of drug-likeness (QED) is 0.782. The van der Waals surface area contributed by atoms with E-state index in [0.717, 1.165) is 42.6 Å². The second kappa shape index (κ2) is 8.87. The minimum Gasteiger partial charge on any atom is -0.363 e. The largest absolute Gasteiger partial charge is 0.363 e. The zero-order valence-electron chi connectivity index (χ0n) is 16.6. The van der Waals surface area contributed by atoms with Gasteiger partial charge in [0, 0.05) is 49.3 Å². The lowest BCUT2D eigenvalue weighted by Gasteiger charge is -2.39. The smallest absolute Gasteiger partial charge is 0.271 e. The number of likely N-dealkylation sites (tertiary alicyclic amines) is 1. The summed E-state index contributed by atoms with van der Waals surface area (Å²) in [5, 5.41) is 0. The van der Waals surface area contributed by atoms with Gasteiger partial charge in [0.1, 0.15) is 5.69 Å². The number of H-pyrrole nitrogens is 1. The Balaban J connectivity index is 1.93. The molecule has 1 saturated heterocycles. The van der Waals surface area contributed by atoms with Crippen LogP contribution in [0.5, 0.6) is 0 Å². The first kappa shape index (κ1) is 19.9. The van der Waals surface area contributed by atoms with Gasteiger partial charge in [-0.05, 0) is 56.0 Å². The number of aromatic amines is 1. The third-order valence-electron chi connectivity index (χ3n) is 5.37. The molecule has 3 heterocycles. The molecule has 0 spiro atoms. The molecule has 1 N–H and O–H groups in total. The molecule has 1 aliphatic heterocycles. The second-order valence-electron chi connectivity index (χ2n) is 7.06. The molecule has 1 fully saturated rings. The van der Waals surface area contributed by atoms with Gasteiger partial charge >= 0.3 is 0 Å². The fourth-order valence-corrected chi connectivity index (χ4v) is 3.87. The molecule has 0 saturated carbocycles. The van der Waals surface area contributed by atoms with Gasteiger partial charge in [-0.3, -0.25) is 14.6 Å². The summed E-state index contributed by atoms with van der Waals surface area (Å²) in [6.07, 6.45) is 7.65. The third kappa shape index (κ3) is 4.16. The van der Waals surface area contributed by atoms with E-state index in [0.29, 0.717) is 18.8 Å². The topological polar surface area (TPSA) is 69.3 Å². The molecule has 6 heteroatoms. The summed E-state index contributed by atoms with van der Waals surface area (Å²) in [5.41, 5.74) is 3.55. The standard InChI is InChI=1S/C22H28N4O2/c1-4-18-12-16(9-10-23-18)17-13-20(22(28)24-14-17)26(6-3)19-8-7-11-25(15-19)21(27)5-2/h5,9-10,12-14,19H,2,4,6-8,11,15H2,1,3H3,(H,24,28)/t19-/m0/s1. The van der Waals surface area contributed by atoms with Gasteiger partial charge in [0.25, 0.3) is 5.56 Å². The number of aryl methyl sites for hydroxylation is 1. The molecule has 6 nitrogen and oxygen atoms in total. The Labute approximate surface area is 165 Å². The Morgan fingerprint density at radius 3 is 2.93 bits per heavy atom. The van der Waals surface area contributed by atoms with Crippen LogP contribution in [0.15, 0.2) is 48.0 Å². The average molecular weight is 380 g/mol. The fourth-order valence-electron chi connectivity index (χ4n) is 3.87. The van der Waals surface area contributed by atoms with Crippen LogP contribution in [0.2, 0.25) is 0 Å². The lowest BCUT2D eigenvalue weighted by molar-refractivity contribution is -0.127. The summed E-state index contributed by atoms with van der Waals surface area (Å²) in [4.78, 5) is 35.9. The molecule has 2 aromatic rings. The minimum atomic E-state index is -0.109. The number of hydrogen-bond acceptors (Lipinski definition) is 4. The normalized spacial score (nSPS) is 16.6. The highest BCUT2D eigenvalue weighted by Gasteiger charge is 2.27. The maximum Gasteiger partial charge on any atom is 0.271 e. The average Bonchev–Trinajstić information content (AvgIpc) is 2.75. The van der Waals surface area contributed by atoms with Crippen molar-refractivity contribution in [2.45, 2.75) is 39.2 Å². The van der Waals surface area contributed by atoms with Crippen molar-refractivity contribution in [3.8, 4) is 11.1 Å². The molecule has 0 aliphatic carbocycles. The van der Waals surface area contributed by atoms with E-state index < -0.39 is 0 Å². The van der Waals surface area contributed by atoms with E-state index in [4.69, 9.17) is 0 Å². The number of likely N-dealkylation sites (N-methyl/N-ethyl adjacent to an activating group) is 1. The van der Waals surface area contributed by atoms with E-state index in [1.165, 1.54) is 6.08 Å². The van der Waals surface area contributed by atoms with Crippen LogP contribution in [-0.4, -0.2) is 46.5 Å². The zero-order chi connectivity index (χ0) is 20.1. The number of carbonyl (C=O) groups excluding carboxylic acids is 1. The molecule has 148 valence electrons. The SMILES string of the molecule is C=CC(=O)N1CCC[C@H](N(CC)c2cc(-c3ccnc(CC)c3)c[nH]c2=O)C1. The van der Waals surface area contributed by atoms with Crippen LogP contribution in [0.1, 0.15) is 32.4 Å². The van der Waals surface area contributed by atoms with Crippen molar-refractivity contribution in [1.82, 2.24) is 14.9 Å². The Kier molecular flexibility index (Phi) is 6.29. The van der Waals surface area contributed by atoms with E-state index in [9.17, 15) is 9.59 Å². The Morgan fingerprint density at radius 1 is 1.39 bits per heavy atom. The number of pyridine rings is 2. The molecule has 0 bridgehead atoms. The summed E-state index contributed by atoms with van der Waals surface area (Å²) in [6.45, 7) is 9.76. The maximum absolute atomic E-state index is 12.6. The van der Waals surface area contributed by atoms with E-state index in [2.05, 4.69) is 34.4 Å². The van der Waals surface area contributed by atoms with Crippen LogP contribution in [0.3, 0.4) is 0 Å². The van der Waals surface area contributed by atoms with Crippen LogP contribution in [0.4, 0.5) is 5.69 Å². The van der Waals surface area contributed by atoms with Gasteiger partial charge < -0.3 is 14.8 Å². The molecule has 0 radical (unpaired) electrons. The first-order chi connectivity index (χ1) is 13.6. The van der Waals surface area contributed by atoms with E-state index in [-0.39, 0.29) is 17.5 Å². The summed E-state index contributed by atoms with van der Waals surface area (Å²) < 4.78 is 0. The molecule has 28 heavy (non-hydrogen) atoms. The first-order valence-electron chi connectivity index (χ1n) is 9.93. The molecule has 0 aromatic carbocycles. The van der Waals surface area contributed by atoms with Crippen molar-refractivity contribution in [1.29, 1.82) is 0 Å². The predicted octanol–water partition coefficient (Wildman–Crippen LogP) is 3.00. The Bertz CT molecular complexity index is 905. The van der Waals surface area contributed by atoms with Crippen LogP contribution < -0.4 is 10.5 Å². The van der Waals surface area contributed by atoms with Crippen molar-refractivity contribution >= 4 is 11.6 Å². The van der Waals surface area contributed by atoms with E-state index in [1.54, 1.807) is 12.4 Å². The summed E-state index contributed by atoms with van der Waals surface area (Å²) in [5.74, 6) is -0.0488. The Morgan fingerprint density at radius 2 is 2.21 bits per heavy atom. The van der Waals surface area contributed by atoms with Crippen LogP contribution in [0, 0.1) is 0 Å². The maximum atomic E-state index is 12.6. The Hall–Kier alpha value is -2.89. The fraction of sp³-hybridized carbons (Fsp3) is 0.409. The number of piperidine rings is 1.